The van der Waals surface area contributed by atoms with Crippen molar-refractivity contribution in [1.82, 2.24) is 9.97 Å². The van der Waals surface area contributed by atoms with E-state index in [2.05, 4.69) is 20.0 Å². The highest BCUT2D eigenvalue weighted by Gasteiger charge is 2.12. The highest BCUT2D eigenvalue weighted by atomic mass is 32.1. The zero-order valence-corrected chi connectivity index (χ0v) is 10.2. The van der Waals surface area contributed by atoms with E-state index >= 15 is 0 Å². The van der Waals surface area contributed by atoms with Gasteiger partial charge in [-0.1, -0.05) is 0 Å². The van der Waals surface area contributed by atoms with Crippen LogP contribution in [-0.4, -0.2) is 30.1 Å². The summed E-state index contributed by atoms with van der Waals surface area (Å²) < 4.78 is 4.61. The maximum atomic E-state index is 11.3. The summed E-state index contributed by atoms with van der Waals surface area (Å²) in [6.45, 7) is 0. The Hall–Kier alpha value is -1.95. The van der Waals surface area contributed by atoms with E-state index in [9.17, 15) is 4.79 Å². The molecule has 0 aliphatic rings. The Bertz CT molecular complexity index is 539. The lowest BCUT2D eigenvalue weighted by molar-refractivity contribution is 0.0600. The molecule has 2 rings (SSSR count). The van der Waals surface area contributed by atoms with Gasteiger partial charge in [-0.25, -0.2) is 14.8 Å². The molecule has 2 heterocycles. The van der Waals surface area contributed by atoms with Crippen LogP contribution in [0.15, 0.2) is 23.7 Å². The van der Waals surface area contributed by atoms with Crippen LogP contribution >= 0.6 is 11.3 Å². The highest BCUT2D eigenvalue weighted by Crippen LogP contribution is 2.23. The smallest absolute Gasteiger partial charge is 0.367 e. The molecule has 0 fully saturated rings. The van der Waals surface area contributed by atoms with Gasteiger partial charge in [-0.3, -0.25) is 0 Å². The Labute approximate surface area is 102 Å². The number of carbonyl (C=O) groups is 1. The number of ether oxygens (including phenoxy) is 1. The Kier molecular flexibility index (Phi) is 3.34. The number of hydrogen-bond donors (Lipinski definition) is 1. The third kappa shape index (κ3) is 2.42. The summed E-state index contributed by atoms with van der Waals surface area (Å²) in [6, 6.07) is 3.72. The van der Waals surface area contributed by atoms with Crippen molar-refractivity contribution in [2.24, 2.45) is 0 Å². The Morgan fingerprint density at radius 2 is 2.35 bits per heavy atom. The molecular formula is C11H11N3O2S. The Morgan fingerprint density at radius 3 is 3.06 bits per heavy atom. The summed E-state index contributed by atoms with van der Waals surface area (Å²) in [5.41, 5.74) is 1.66. The summed E-state index contributed by atoms with van der Waals surface area (Å²) in [6.07, 6.45) is 1.69. The minimum absolute atomic E-state index is 0.352. The van der Waals surface area contributed by atoms with Gasteiger partial charge in [0.15, 0.2) is 0 Å². The van der Waals surface area contributed by atoms with Crippen molar-refractivity contribution in [1.29, 1.82) is 0 Å². The van der Waals surface area contributed by atoms with Crippen LogP contribution in [0.5, 0.6) is 0 Å². The van der Waals surface area contributed by atoms with Gasteiger partial charge in [0, 0.05) is 24.2 Å². The molecule has 0 radical (unpaired) electrons. The van der Waals surface area contributed by atoms with Crippen molar-refractivity contribution < 1.29 is 9.53 Å². The standard InChI is InChI=1S/C11H11N3O2S/c1-12-9-5-7(3-4-13-9)8-6-17-10(14-8)11(15)16-2/h3-6H,1-2H3,(H,12,13). The van der Waals surface area contributed by atoms with Gasteiger partial charge in [-0.15, -0.1) is 11.3 Å². The lowest BCUT2D eigenvalue weighted by atomic mass is 10.2. The van der Waals surface area contributed by atoms with Crippen molar-refractivity contribution in [2.75, 3.05) is 19.5 Å². The van der Waals surface area contributed by atoms with Gasteiger partial charge in [-0.05, 0) is 12.1 Å². The minimum Gasteiger partial charge on any atom is -0.464 e. The van der Waals surface area contributed by atoms with Gasteiger partial charge in [0.2, 0.25) is 5.01 Å². The molecule has 6 heteroatoms. The SMILES string of the molecule is CNc1cc(-c2csc(C(=O)OC)n2)ccn1. The second kappa shape index (κ2) is 4.92. The third-order valence-corrected chi connectivity index (χ3v) is 3.00. The first-order chi connectivity index (χ1) is 8.24. The van der Waals surface area contributed by atoms with Crippen molar-refractivity contribution in [3.8, 4) is 11.3 Å². The summed E-state index contributed by atoms with van der Waals surface area (Å²) in [7, 11) is 3.14. The van der Waals surface area contributed by atoms with Crippen molar-refractivity contribution >= 4 is 23.1 Å². The van der Waals surface area contributed by atoms with Crippen LogP contribution in [0.2, 0.25) is 0 Å². The van der Waals surface area contributed by atoms with E-state index in [1.165, 1.54) is 18.4 Å². The normalized spacial score (nSPS) is 10.0. The number of methoxy groups -OCH3 is 1. The van der Waals surface area contributed by atoms with E-state index in [4.69, 9.17) is 0 Å². The van der Waals surface area contributed by atoms with Crippen molar-refractivity contribution in [3.05, 3.63) is 28.7 Å². The molecule has 0 amide bonds. The fourth-order valence-electron chi connectivity index (χ4n) is 1.31. The van der Waals surface area contributed by atoms with E-state index in [1.807, 2.05) is 17.5 Å². The molecular weight excluding hydrogens is 238 g/mol. The fourth-order valence-corrected chi connectivity index (χ4v) is 2.06. The summed E-state index contributed by atoms with van der Waals surface area (Å²) in [5, 5.41) is 5.12. The molecule has 88 valence electrons. The largest absolute Gasteiger partial charge is 0.464 e. The first-order valence-corrected chi connectivity index (χ1v) is 5.80. The van der Waals surface area contributed by atoms with Crippen LogP contribution in [0.4, 0.5) is 5.82 Å². The van der Waals surface area contributed by atoms with E-state index in [1.54, 1.807) is 13.2 Å². The molecule has 2 aromatic heterocycles. The predicted molar refractivity (Wildman–Crippen MR) is 66.2 cm³/mol. The molecule has 2 aromatic rings. The summed E-state index contributed by atoms with van der Waals surface area (Å²) in [5.74, 6) is 0.347. The molecule has 0 unspecified atom stereocenters. The number of pyridine rings is 1. The fraction of sp³-hybridized carbons (Fsp3) is 0.182. The zero-order valence-electron chi connectivity index (χ0n) is 9.43. The molecule has 0 aliphatic carbocycles. The molecule has 0 saturated carbocycles. The monoisotopic (exact) mass is 249 g/mol. The summed E-state index contributed by atoms with van der Waals surface area (Å²) >= 11 is 1.26. The number of hydrogen-bond acceptors (Lipinski definition) is 6. The van der Waals surface area contributed by atoms with Gasteiger partial charge in [0.1, 0.15) is 5.82 Å². The number of nitrogens with one attached hydrogen (secondary N) is 1. The highest BCUT2D eigenvalue weighted by molar-refractivity contribution is 7.11. The second-order valence-corrected chi connectivity index (χ2v) is 4.07. The number of esters is 1. The molecule has 0 atom stereocenters. The molecule has 17 heavy (non-hydrogen) atoms. The maximum Gasteiger partial charge on any atom is 0.367 e. The Morgan fingerprint density at radius 1 is 1.53 bits per heavy atom. The van der Waals surface area contributed by atoms with Gasteiger partial charge in [0.25, 0.3) is 0 Å². The van der Waals surface area contributed by atoms with E-state index in [0.29, 0.717) is 5.01 Å². The number of carbonyl (C=O) groups excluding carboxylic acids is 1. The molecule has 1 N–H and O–H groups in total. The van der Waals surface area contributed by atoms with Gasteiger partial charge < -0.3 is 10.1 Å². The molecule has 0 saturated heterocycles. The molecule has 0 bridgehead atoms. The minimum atomic E-state index is -0.413. The molecule has 0 aliphatic heterocycles. The molecule has 0 aromatic carbocycles. The lowest BCUT2D eigenvalue weighted by Gasteiger charge is -2.00. The topological polar surface area (TPSA) is 64.1 Å². The van der Waals surface area contributed by atoms with E-state index < -0.39 is 5.97 Å². The molecule has 0 spiro atoms. The second-order valence-electron chi connectivity index (χ2n) is 3.21. The average Bonchev–Trinajstić information content (AvgIpc) is 2.87. The first kappa shape index (κ1) is 11.5. The number of aromatic nitrogens is 2. The average molecular weight is 249 g/mol. The molecule has 5 nitrogen and oxygen atoms in total. The van der Waals surface area contributed by atoms with Gasteiger partial charge in [0.05, 0.1) is 12.8 Å². The number of rotatable bonds is 3. The van der Waals surface area contributed by atoms with E-state index in [-0.39, 0.29) is 0 Å². The van der Waals surface area contributed by atoms with Gasteiger partial charge in [-0.2, -0.15) is 0 Å². The van der Waals surface area contributed by atoms with Crippen molar-refractivity contribution in [3.63, 3.8) is 0 Å². The van der Waals surface area contributed by atoms with E-state index in [0.717, 1.165) is 17.1 Å². The van der Waals surface area contributed by atoms with Crippen LogP contribution in [0, 0.1) is 0 Å². The number of thiazole rings is 1. The van der Waals surface area contributed by atoms with Crippen LogP contribution in [0.1, 0.15) is 9.80 Å². The first-order valence-electron chi connectivity index (χ1n) is 4.92. The van der Waals surface area contributed by atoms with Crippen LogP contribution in [0.3, 0.4) is 0 Å². The quantitative estimate of drug-likeness (QED) is 0.843. The zero-order chi connectivity index (χ0) is 12.3. The van der Waals surface area contributed by atoms with Crippen molar-refractivity contribution in [2.45, 2.75) is 0 Å². The lowest BCUT2D eigenvalue weighted by Crippen LogP contribution is -1.99. The third-order valence-electron chi connectivity index (χ3n) is 2.18. The summed E-state index contributed by atoms with van der Waals surface area (Å²) in [4.78, 5) is 19.6. The number of nitrogens with zero attached hydrogens (tertiary/aromatic N) is 2. The van der Waals surface area contributed by atoms with Crippen LogP contribution < -0.4 is 5.32 Å². The van der Waals surface area contributed by atoms with Gasteiger partial charge >= 0.3 is 5.97 Å². The Balaban J connectivity index is 2.33. The predicted octanol–water partition coefficient (Wildman–Crippen LogP) is 2.03. The van der Waals surface area contributed by atoms with Crippen LogP contribution in [0.25, 0.3) is 11.3 Å². The number of anilines is 1. The van der Waals surface area contributed by atoms with Crippen LogP contribution in [-0.2, 0) is 4.74 Å². The maximum absolute atomic E-state index is 11.3.